The molecule has 24 heavy (non-hydrogen) atoms. The second kappa shape index (κ2) is 6.08. The Hall–Kier alpha value is -2.09. The average molecular weight is 351 g/mol. The lowest BCUT2D eigenvalue weighted by molar-refractivity contribution is -0.0498. The van der Waals surface area contributed by atoms with E-state index in [4.69, 9.17) is 0 Å². The molecule has 2 atom stereocenters. The highest BCUT2D eigenvalue weighted by molar-refractivity contribution is 7.99. The van der Waals surface area contributed by atoms with Crippen LogP contribution in [0.25, 0.3) is 5.69 Å². The van der Waals surface area contributed by atoms with Gasteiger partial charge in [-0.05, 0) is 36.4 Å². The molecule has 2 aliphatic rings. The van der Waals surface area contributed by atoms with Crippen LogP contribution >= 0.6 is 11.8 Å². The van der Waals surface area contributed by atoms with Crippen molar-refractivity contribution in [3.8, 4) is 11.4 Å². The number of ether oxygens (including phenoxy) is 1. The molecular formula is C16H15F2N3O2S. The molecule has 0 amide bonds. The molecular weight excluding hydrogens is 336 g/mol. The van der Waals surface area contributed by atoms with Gasteiger partial charge in [0.05, 0.1) is 23.0 Å². The molecule has 8 heteroatoms. The summed E-state index contributed by atoms with van der Waals surface area (Å²) in [4.78, 5) is 17.2. The van der Waals surface area contributed by atoms with Crippen molar-refractivity contribution in [2.45, 2.75) is 25.0 Å². The van der Waals surface area contributed by atoms with Crippen LogP contribution in [0, 0.1) is 0 Å². The second-order valence-electron chi connectivity index (χ2n) is 5.77. The number of nitrogens with one attached hydrogen (secondary N) is 1. The Morgan fingerprint density at radius 2 is 2.12 bits per heavy atom. The third-order valence-corrected chi connectivity index (χ3v) is 5.48. The largest absolute Gasteiger partial charge is 0.435 e. The van der Waals surface area contributed by atoms with E-state index in [-0.39, 0.29) is 23.3 Å². The van der Waals surface area contributed by atoms with E-state index in [0.29, 0.717) is 11.3 Å². The van der Waals surface area contributed by atoms with E-state index in [1.165, 1.54) is 16.8 Å². The van der Waals surface area contributed by atoms with Gasteiger partial charge in [-0.15, -0.1) is 0 Å². The molecule has 1 fully saturated rings. The maximum Gasteiger partial charge on any atom is 0.387 e. The van der Waals surface area contributed by atoms with Crippen molar-refractivity contribution in [1.29, 1.82) is 0 Å². The minimum atomic E-state index is -2.87. The number of hydrogen-bond donors (Lipinski definition) is 1. The smallest absolute Gasteiger partial charge is 0.387 e. The van der Waals surface area contributed by atoms with Gasteiger partial charge in [-0.2, -0.15) is 20.5 Å². The molecule has 0 bridgehead atoms. The first-order chi connectivity index (χ1) is 11.6. The van der Waals surface area contributed by atoms with Crippen LogP contribution in [0.15, 0.2) is 34.1 Å². The van der Waals surface area contributed by atoms with Crippen LogP contribution in [-0.4, -0.2) is 40.2 Å². The number of nitrogens with zero attached hydrogens (tertiary/aromatic N) is 2. The maximum absolute atomic E-state index is 12.6. The number of aliphatic imine (C=N–C) groups is 1. The molecule has 4 rings (SSSR count). The molecule has 5 nitrogen and oxygen atoms in total. The standard InChI is InChI=1S/C16H15F2N3O2S/c17-16(18)23-10-3-1-9(2-4-10)21-15(22)11-7-19-13-5-6-24-8-12(13)14(11)20-21/h1-4,7,12-13,16,20H,5-6,8H2. The molecule has 2 aliphatic heterocycles. The first-order valence-electron chi connectivity index (χ1n) is 7.64. The zero-order valence-electron chi connectivity index (χ0n) is 12.6. The van der Waals surface area contributed by atoms with E-state index in [1.54, 1.807) is 18.3 Å². The molecule has 126 valence electrons. The predicted octanol–water partition coefficient (Wildman–Crippen LogP) is 2.79. The minimum absolute atomic E-state index is 0.0587. The first-order valence-corrected chi connectivity index (χ1v) is 8.80. The fourth-order valence-corrected chi connectivity index (χ4v) is 4.40. The number of thioether (sulfide) groups is 1. The van der Waals surface area contributed by atoms with Gasteiger partial charge in [-0.25, -0.2) is 4.68 Å². The Balaban J connectivity index is 1.69. The summed E-state index contributed by atoms with van der Waals surface area (Å²) < 4.78 is 30.2. The zero-order chi connectivity index (χ0) is 16.7. The van der Waals surface area contributed by atoms with Gasteiger partial charge in [0.25, 0.3) is 5.56 Å². The Labute approximate surface area is 140 Å². The van der Waals surface area contributed by atoms with Gasteiger partial charge in [-0.1, -0.05) is 0 Å². The normalized spacial score (nSPS) is 22.3. The Morgan fingerprint density at radius 1 is 1.33 bits per heavy atom. The van der Waals surface area contributed by atoms with E-state index in [0.717, 1.165) is 23.6 Å². The first kappa shape index (κ1) is 15.4. The number of hydrogen-bond acceptors (Lipinski definition) is 4. The summed E-state index contributed by atoms with van der Waals surface area (Å²) in [7, 11) is 0. The van der Waals surface area contributed by atoms with E-state index in [1.807, 2.05) is 11.8 Å². The highest BCUT2D eigenvalue weighted by Gasteiger charge is 2.33. The van der Waals surface area contributed by atoms with Crippen LogP contribution in [0.1, 0.15) is 23.6 Å². The van der Waals surface area contributed by atoms with Gasteiger partial charge >= 0.3 is 6.61 Å². The van der Waals surface area contributed by atoms with Crippen molar-refractivity contribution in [2.24, 2.45) is 4.99 Å². The molecule has 0 spiro atoms. The minimum Gasteiger partial charge on any atom is -0.435 e. The number of H-pyrrole nitrogens is 1. The van der Waals surface area contributed by atoms with Crippen molar-refractivity contribution in [1.82, 2.24) is 9.78 Å². The topological polar surface area (TPSA) is 59.4 Å². The van der Waals surface area contributed by atoms with Crippen LogP contribution in [0.4, 0.5) is 8.78 Å². The van der Waals surface area contributed by atoms with Gasteiger partial charge < -0.3 is 4.74 Å². The van der Waals surface area contributed by atoms with Crippen molar-refractivity contribution in [3.63, 3.8) is 0 Å². The second-order valence-corrected chi connectivity index (χ2v) is 6.92. The maximum atomic E-state index is 12.6. The van der Waals surface area contributed by atoms with Crippen molar-refractivity contribution in [3.05, 3.63) is 45.9 Å². The van der Waals surface area contributed by atoms with E-state index in [2.05, 4.69) is 14.8 Å². The lowest BCUT2D eigenvalue weighted by atomic mass is 9.91. The summed E-state index contributed by atoms with van der Waals surface area (Å²) in [5.41, 5.74) is 1.90. The monoisotopic (exact) mass is 351 g/mol. The molecule has 1 N–H and O–H groups in total. The molecule has 2 unspecified atom stereocenters. The summed E-state index contributed by atoms with van der Waals surface area (Å²) in [6.07, 6.45) is 2.67. The summed E-state index contributed by atoms with van der Waals surface area (Å²) in [6, 6.07) is 6.21. The van der Waals surface area contributed by atoms with Gasteiger partial charge in [0.1, 0.15) is 5.75 Å². The number of fused-ring (bicyclic) bond motifs is 3. The highest BCUT2D eigenvalue weighted by Crippen LogP contribution is 2.35. The van der Waals surface area contributed by atoms with Crippen molar-refractivity contribution < 1.29 is 13.5 Å². The zero-order valence-corrected chi connectivity index (χ0v) is 13.4. The average Bonchev–Trinajstić information content (AvgIpc) is 2.92. The molecule has 3 heterocycles. The molecule has 0 saturated carbocycles. The number of halogens is 2. The fourth-order valence-electron chi connectivity index (χ4n) is 3.18. The quantitative estimate of drug-likeness (QED) is 0.925. The van der Waals surface area contributed by atoms with Crippen molar-refractivity contribution in [2.75, 3.05) is 11.5 Å². The molecule has 1 aromatic heterocycles. The number of benzene rings is 1. The fraction of sp³-hybridized carbons (Fsp3) is 0.375. The number of alkyl halides is 2. The summed E-state index contributed by atoms with van der Waals surface area (Å²) in [6.45, 7) is -2.87. The van der Waals surface area contributed by atoms with E-state index in [9.17, 15) is 13.6 Å². The van der Waals surface area contributed by atoms with Crippen LogP contribution in [0.2, 0.25) is 0 Å². The molecule has 2 aromatic rings. The summed E-state index contributed by atoms with van der Waals surface area (Å²) in [5, 5.41) is 3.19. The van der Waals surface area contributed by atoms with Crippen LogP contribution < -0.4 is 10.3 Å². The van der Waals surface area contributed by atoms with Gasteiger partial charge in [0.15, 0.2) is 0 Å². The van der Waals surface area contributed by atoms with Gasteiger partial charge in [0.2, 0.25) is 0 Å². The predicted molar refractivity (Wildman–Crippen MR) is 89.1 cm³/mol. The SMILES string of the molecule is O=c1c2c([nH]n1-c1ccc(OC(F)F)cc1)C1CSCCC1N=C2. The van der Waals surface area contributed by atoms with Gasteiger partial charge in [0, 0.05) is 17.9 Å². The molecule has 0 radical (unpaired) electrons. The Bertz CT molecular complexity index is 829. The molecule has 1 aromatic carbocycles. The number of rotatable bonds is 3. The van der Waals surface area contributed by atoms with Crippen molar-refractivity contribution >= 4 is 18.0 Å². The van der Waals surface area contributed by atoms with Crippen LogP contribution in [0.3, 0.4) is 0 Å². The lowest BCUT2D eigenvalue weighted by Gasteiger charge is -2.30. The van der Waals surface area contributed by atoms with Crippen LogP contribution in [0.5, 0.6) is 5.75 Å². The molecule has 0 aliphatic carbocycles. The lowest BCUT2D eigenvalue weighted by Crippen LogP contribution is -2.29. The number of aromatic nitrogens is 2. The third-order valence-electron chi connectivity index (χ3n) is 4.36. The van der Waals surface area contributed by atoms with Crippen LogP contribution in [-0.2, 0) is 0 Å². The third kappa shape index (κ3) is 2.64. The van der Waals surface area contributed by atoms with E-state index < -0.39 is 6.61 Å². The Kier molecular flexibility index (Phi) is 3.91. The van der Waals surface area contributed by atoms with E-state index >= 15 is 0 Å². The molecule has 1 saturated heterocycles. The Morgan fingerprint density at radius 3 is 2.88 bits per heavy atom. The number of aromatic amines is 1. The summed E-state index contributed by atoms with van der Waals surface area (Å²) in [5.74, 6) is 2.31. The highest BCUT2D eigenvalue weighted by atomic mass is 32.2. The summed E-state index contributed by atoms with van der Waals surface area (Å²) >= 11 is 1.87. The van der Waals surface area contributed by atoms with Gasteiger partial charge in [-0.3, -0.25) is 14.9 Å².